The summed E-state index contributed by atoms with van der Waals surface area (Å²) in [5.41, 5.74) is 0.630. The number of allylic oxidation sites excluding steroid dienone is 1. The summed E-state index contributed by atoms with van der Waals surface area (Å²) >= 11 is 0. The summed E-state index contributed by atoms with van der Waals surface area (Å²) < 4.78 is 10.8. The second-order valence-electron chi connectivity index (χ2n) is 4.17. The van der Waals surface area contributed by atoms with Gasteiger partial charge in [-0.2, -0.15) is 0 Å². The van der Waals surface area contributed by atoms with Crippen molar-refractivity contribution < 1.29 is 14.0 Å². The lowest BCUT2D eigenvalue weighted by Crippen LogP contribution is -2.35. The first-order valence-corrected chi connectivity index (χ1v) is 9.34. The van der Waals surface area contributed by atoms with Gasteiger partial charge in [-0.1, -0.05) is 6.08 Å². The molecule has 0 aromatic carbocycles. The molecule has 0 fully saturated rings. The molecule has 0 N–H and O–H groups in total. The highest BCUT2D eigenvalue weighted by Crippen LogP contribution is 2.08. The van der Waals surface area contributed by atoms with Crippen molar-refractivity contribution in [3.8, 4) is 0 Å². The standard InChI is InChI=1S/C9H20O3Si2/c1-6-7(2)8(10)11-9(13)12-14(3,4)5/h6,9H,1-5,13H3. The van der Waals surface area contributed by atoms with Crippen LogP contribution in [0, 0.1) is 0 Å². The van der Waals surface area contributed by atoms with Gasteiger partial charge in [0.15, 0.2) is 14.2 Å². The van der Waals surface area contributed by atoms with Gasteiger partial charge in [0.1, 0.15) is 0 Å². The molecule has 3 nitrogen and oxygen atoms in total. The van der Waals surface area contributed by atoms with Crippen LogP contribution in [-0.2, 0) is 14.0 Å². The van der Waals surface area contributed by atoms with Crippen molar-refractivity contribution in [2.75, 3.05) is 0 Å². The number of carbonyl (C=O) groups is 1. The zero-order valence-corrected chi connectivity index (χ0v) is 12.9. The van der Waals surface area contributed by atoms with Gasteiger partial charge in [0.25, 0.3) is 0 Å². The fourth-order valence-corrected chi connectivity index (χ4v) is 4.26. The number of ether oxygens (including phenoxy) is 1. The molecule has 0 heterocycles. The molecule has 0 spiro atoms. The second kappa shape index (κ2) is 5.48. The number of esters is 1. The van der Waals surface area contributed by atoms with Gasteiger partial charge >= 0.3 is 5.97 Å². The van der Waals surface area contributed by atoms with Crippen LogP contribution in [0.2, 0.25) is 19.6 Å². The Kier molecular flexibility index (Phi) is 5.32. The third-order valence-corrected chi connectivity index (χ3v) is 3.53. The van der Waals surface area contributed by atoms with Crippen LogP contribution in [0.15, 0.2) is 11.6 Å². The quantitative estimate of drug-likeness (QED) is 0.314. The summed E-state index contributed by atoms with van der Waals surface area (Å²) in [6, 6.07) is 0. The molecule has 1 unspecified atom stereocenters. The Morgan fingerprint density at radius 2 is 1.93 bits per heavy atom. The van der Waals surface area contributed by atoms with E-state index in [1.807, 2.05) is 6.92 Å². The van der Waals surface area contributed by atoms with E-state index < -0.39 is 8.32 Å². The minimum atomic E-state index is -1.59. The van der Waals surface area contributed by atoms with E-state index in [2.05, 4.69) is 19.6 Å². The first-order chi connectivity index (χ1) is 6.26. The molecule has 82 valence electrons. The van der Waals surface area contributed by atoms with Crippen molar-refractivity contribution >= 4 is 24.5 Å². The minimum absolute atomic E-state index is 0.272. The average molecular weight is 232 g/mol. The van der Waals surface area contributed by atoms with Crippen LogP contribution >= 0.6 is 0 Å². The Balaban J connectivity index is 4.08. The Morgan fingerprint density at radius 1 is 1.43 bits per heavy atom. The number of rotatable bonds is 4. The van der Waals surface area contributed by atoms with Crippen LogP contribution < -0.4 is 0 Å². The number of hydrogen-bond donors (Lipinski definition) is 0. The molecule has 0 saturated heterocycles. The van der Waals surface area contributed by atoms with Gasteiger partial charge in [0.2, 0.25) is 0 Å². The molecule has 5 heteroatoms. The molecule has 1 atom stereocenters. The van der Waals surface area contributed by atoms with Gasteiger partial charge in [-0.3, -0.25) is 0 Å². The lowest BCUT2D eigenvalue weighted by molar-refractivity contribution is -0.150. The summed E-state index contributed by atoms with van der Waals surface area (Å²) in [5, 5.41) is 0. The van der Waals surface area contributed by atoms with E-state index in [0.29, 0.717) is 15.8 Å². The van der Waals surface area contributed by atoms with Crippen LogP contribution in [0.4, 0.5) is 0 Å². The minimum Gasteiger partial charge on any atom is -0.439 e. The molecule has 0 bridgehead atoms. The van der Waals surface area contributed by atoms with Crippen molar-refractivity contribution in [3.05, 3.63) is 11.6 Å². The first-order valence-electron chi connectivity index (χ1n) is 4.78. The van der Waals surface area contributed by atoms with Crippen LogP contribution in [0.3, 0.4) is 0 Å². The Hall–Kier alpha value is -0.396. The highest BCUT2D eigenvalue weighted by Gasteiger charge is 2.20. The zero-order chi connectivity index (χ0) is 11.4. The molecule has 0 aliphatic carbocycles. The largest absolute Gasteiger partial charge is 0.439 e. The van der Waals surface area contributed by atoms with Gasteiger partial charge in [-0.05, 0) is 33.5 Å². The van der Waals surface area contributed by atoms with Crippen LogP contribution in [-0.4, -0.2) is 30.4 Å². The third-order valence-electron chi connectivity index (χ3n) is 1.55. The van der Waals surface area contributed by atoms with Crippen LogP contribution in [0.25, 0.3) is 0 Å². The summed E-state index contributed by atoms with van der Waals surface area (Å²) in [4.78, 5) is 11.3. The molecule has 0 aromatic rings. The molecule has 14 heavy (non-hydrogen) atoms. The van der Waals surface area contributed by atoms with Gasteiger partial charge in [0.05, 0.1) is 10.2 Å². The molecule has 0 radical (unpaired) electrons. The topological polar surface area (TPSA) is 35.5 Å². The average Bonchev–Trinajstić information content (AvgIpc) is 1.99. The predicted molar refractivity (Wildman–Crippen MR) is 63.7 cm³/mol. The first kappa shape index (κ1) is 13.6. The van der Waals surface area contributed by atoms with Gasteiger partial charge in [-0.15, -0.1) is 0 Å². The fourth-order valence-electron chi connectivity index (χ4n) is 0.883. The van der Waals surface area contributed by atoms with E-state index in [9.17, 15) is 4.79 Å². The van der Waals surface area contributed by atoms with E-state index in [1.54, 1.807) is 13.0 Å². The van der Waals surface area contributed by atoms with E-state index in [0.717, 1.165) is 0 Å². The molecule has 0 saturated carbocycles. The Labute approximate surface area is 90.0 Å². The summed E-state index contributed by atoms with van der Waals surface area (Å²) in [7, 11) is -0.886. The Morgan fingerprint density at radius 3 is 2.29 bits per heavy atom. The molecule has 0 amide bonds. The molecular weight excluding hydrogens is 212 g/mol. The highest BCUT2D eigenvalue weighted by atomic mass is 28.4. The summed E-state index contributed by atoms with van der Waals surface area (Å²) in [6.07, 6.45) is 1.74. The maximum atomic E-state index is 11.3. The van der Waals surface area contributed by atoms with Crippen molar-refractivity contribution in [1.82, 2.24) is 0 Å². The molecule has 0 aliphatic rings. The van der Waals surface area contributed by atoms with Gasteiger partial charge in [-0.25, -0.2) is 4.79 Å². The molecule has 0 aliphatic heterocycles. The van der Waals surface area contributed by atoms with E-state index in [-0.39, 0.29) is 11.9 Å². The maximum absolute atomic E-state index is 11.3. The maximum Gasteiger partial charge on any atom is 0.335 e. The highest BCUT2D eigenvalue weighted by molar-refractivity contribution is 6.70. The zero-order valence-electron chi connectivity index (χ0n) is 9.88. The molecule has 0 rings (SSSR count). The number of hydrogen-bond acceptors (Lipinski definition) is 3. The predicted octanol–water partition coefficient (Wildman–Crippen LogP) is 0.996. The van der Waals surface area contributed by atoms with Gasteiger partial charge in [0, 0.05) is 5.57 Å². The smallest absolute Gasteiger partial charge is 0.335 e. The van der Waals surface area contributed by atoms with Crippen molar-refractivity contribution in [2.45, 2.75) is 39.4 Å². The van der Waals surface area contributed by atoms with E-state index >= 15 is 0 Å². The molecular formula is C9H20O3Si2. The monoisotopic (exact) mass is 232 g/mol. The van der Waals surface area contributed by atoms with Gasteiger partial charge < -0.3 is 9.16 Å². The lowest BCUT2D eigenvalue weighted by Gasteiger charge is -2.23. The molecule has 0 aromatic heterocycles. The van der Waals surface area contributed by atoms with E-state index in [4.69, 9.17) is 9.16 Å². The SMILES string of the molecule is CC=C(C)C(=O)OC([SiH3])O[Si](C)(C)C. The van der Waals surface area contributed by atoms with Crippen LogP contribution in [0.5, 0.6) is 0 Å². The normalized spacial score (nSPS) is 15.4. The van der Waals surface area contributed by atoms with Crippen molar-refractivity contribution in [2.24, 2.45) is 0 Å². The summed E-state index contributed by atoms with van der Waals surface area (Å²) in [5.74, 6) is -0.588. The van der Waals surface area contributed by atoms with Crippen LogP contribution in [0.1, 0.15) is 13.8 Å². The van der Waals surface area contributed by atoms with E-state index in [1.165, 1.54) is 0 Å². The fraction of sp³-hybridized carbons (Fsp3) is 0.667. The second-order valence-corrected chi connectivity index (χ2v) is 9.58. The Bertz CT molecular complexity index is 231. The van der Waals surface area contributed by atoms with Crippen molar-refractivity contribution in [3.63, 3.8) is 0 Å². The number of carbonyl (C=O) groups excluding carboxylic acids is 1. The third kappa shape index (κ3) is 6.12. The lowest BCUT2D eigenvalue weighted by atomic mass is 10.3. The summed E-state index contributed by atoms with van der Waals surface area (Å²) in [6.45, 7) is 9.79. The van der Waals surface area contributed by atoms with Crippen molar-refractivity contribution in [1.29, 1.82) is 0 Å².